The predicted molar refractivity (Wildman–Crippen MR) is 161 cm³/mol. The monoisotopic (exact) mass is 572 g/mol. The Morgan fingerprint density at radius 1 is 1.19 bits per heavy atom. The van der Waals surface area contributed by atoms with Gasteiger partial charge in [-0.25, -0.2) is 4.98 Å². The largest absolute Gasteiger partial charge is 0.493 e. The molecule has 0 spiro atoms. The van der Waals surface area contributed by atoms with Gasteiger partial charge in [-0.15, -0.1) is 0 Å². The number of hydrogen-bond acceptors (Lipinski definition) is 7. The van der Waals surface area contributed by atoms with Crippen LogP contribution in [0.2, 0.25) is 0 Å². The van der Waals surface area contributed by atoms with Gasteiger partial charge in [0.1, 0.15) is 22.7 Å². The van der Waals surface area contributed by atoms with E-state index in [4.69, 9.17) is 18.9 Å². The van der Waals surface area contributed by atoms with Crippen LogP contribution in [0, 0.1) is 6.92 Å². The molecule has 1 aliphatic heterocycles. The Bertz CT molecular complexity index is 1510. The first-order chi connectivity index (χ1) is 20.5. The molecule has 1 saturated heterocycles. The number of amides is 1. The van der Waals surface area contributed by atoms with E-state index in [-0.39, 0.29) is 24.6 Å². The summed E-state index contributed by atoms with van der Waals surface area (Å²) in [4.78, 5) is 20.9. The van der Waals surface area contributed by atoms with Gasteiger partial charge in [0.2, 0.25) is 0 Å². The van der Waals surface area contributed by atoms with Gasteiger partial charge in [0.05, 0.1) is 31.3 Å². The summed E-state index contributed by atoms with van der Waals surface area (Å²) in [5.74, 6) is 1.56. The number of nitrogens with zero attached hydrogens (tertiary/aromatic N) is 3. The molecular formula is C33H40N4O5. The number of piperazine rings is 1. The number of aryl methyl sites for hydroxylation is 1. The van der Waals surface area contributed by atoms with E-state index < -0.39 is 5.60 Å². The quantitative estimate of drug-likeness (QED) is 0.292. The zero-order valence-corrected chi connectivity index (χ0v) is 24.4. The van der Waals surface area contributed by atoms with Crippen LogP contribution in [0.15, 0.2) is 65.3 Å². The third kappa shape index (κ3) is 5.69. The smallest absolute Gasteiger partial charge is 0.275 e. The zero-order chi connectivity index (χ0) is 29.1. The number of fused-ring (bicyclic) bond motifs is 1. The standard InChI is InChI=1S/C33H40N4O5/c1-23-18-25-19-27(11-12-28(25)42-23)41-17-13-26-20-34-15-16-36(26)32(38)30-31(24-8-4-3-5-9-24)37(22-35-30)29-10-6-7-14-33(29,39)21-40-2/h3-5,8-9,11-12,18-19,22,26,29,34,39H,6-7,10,13-17,20-21H2,1-2H3/t26-,29-,33-/m1/s1. The summed E-state index contributed by atoms with van der Waals surface area (Å²) in [6.45, 7) is 4.64. The number of imidazole rings is 1. The van der Waals surface area contributed by atoms with Crippen LogP contribution in [0.4, 0.5) is 0 Å². The molecule has 2 fully saturated rings. The van der Waals surface area contributed by atoms with Crippen molar-refractivity contribution in [2.24, 2.45) is 0 Å². The van der Waals surface area contributed by atoms with E-state index in [0.29, 0.717) is 38.2 Å². The lowest BCUT2D eigenvalue weighted by Crippen LogP contribution is -2.54. The van der Waals surface area contributed by atoms with Crippen molar-refractivity contribution in [1.29, 1.82) is 0 Å². The summed E-state index contributed by atoms with van der Waals surface area (Å²) in [6.07, 6.45) is 5.80. The molecule has 2 aromatic carbocycles. The molecule has 4 aromatic rings. The highest BCUT2D eigenvalue weighted by Crippen LogP contribution is 2.41. The van der Waals surface area contributed by atoms with Crippen LogP contribution in [0.3, 0.4) is 0 Å². The Hall–Kier alpha value is -3.66. The first-order valence-corrected chi connectivity index (χ1v) is 14.9. The lowest BCUT2D eigenvalue weighted by Gasteiger charge is -2.41. The second kappa shape index (κ2) is 12.3. The number of benzene rings is 2. The molecule has 1 amide bonds. The molecular weight excluding hydrogens is 532 g/mol. The number of furan rings is 1. The van der Waals surface area contributed by atoms with Crippen LogP contribution in [0.25, 0.3) is 22.2 Å². The molecule has 9 heteroatoms. The summed E-state index contributed by atoms with van der Waals surface area (Å²) in [5.41, 5.74) is 1.89. The average Bonchev–Trinajstić information content (AvgIpc) is 3.60. The van der Waals surface area contributed by atoms with Gasteiger partial charge in [0.25, 0.3) is 5.91 Å². The number of ether oxygens (including phenoxy) is 2. The number of nitrogens with one attached hydrogen (secondary N) is 1. The van der Waals surface area contributed by atoms with Gasteiger partial charge in [-0.3, -0.25) is 4.79 Å². The third-order valence-electron chi connectivity index (χ3n) is 8.67. The first-order valence-electron chi connectivity index (χ1n) is 14.9. The van der Waals surface area contributed by atoms with Gasteiger partial charge >= 0.3 is 0 Å². The number of hydrogen-bond donors (Lipinski definition) is 2. The Kier molecular flexibility index (Phi) is 8.33. The lowest BCUT2D eigenvalue weighted by atomic mass is 9.80. The van der Waals surface area contributed by atoms with Crippen molar-refractivity contribution in [1.82, 2.24) is 19.8 Å². The molecule has 2 aliphatic rings. The van der Waals surface area contributed by atoms with Gasteiger partial charge in [-0.05, 0) is 44.0 Å². The maximum atomic E-state index is 14.3. The molecule has 3 atom stereocenters. The number of aromatic nitrogens is 2. The molecule has 0 bridgehead atoms. The van der Waals surface area contributed by atoms with Gasteiger partial charge in [-0.1, -0.05) is 43.2 Å². The number of aliphatic hydroxyl groups is 1. The van der Waals surface area contributed by atoms with Crippen LogP contribution >= 0.6 is 0 Å². The molecule has 0 unspecified atom stereocenters. The van der Waals surface area contributed by atoms with E-state index in [1.165, 1.54) is 0 Å². The molecule has 3 heterocycles. The highest BCUT2D eigenvalue weighted by molar-refractivity contribution is 5.98. The Labute approximate surface area is 246 Å². The minimum atomic E-state index is -1.02. The van der Waals surface area contributed by atoms with Crippen molar-refractivity contribution in [2.45, 2.75) is 56.7 Å². The zero-order valence-electron chi connectivity index (χ0n) is 24.4. The second-order valence-corrected chi connectivity index (χ2v) is 11.6. The predicted octanol–water partition coefficient (Wildman–Crippen LogP) is 4.98. The molecule has 0 radical (unpaired) electrons. The highest BCUT2D eigenvalue weighted by atomic mass is 16.5. The second-order valence-electron chi connectivity index (χ2n) is 11.6. The lowest BCUT2D eigenvalue weighted by molar-refractivity contribution is -0.0893. The fraction of sp³-hybridized carbons (Fsp3) is 0.455. The van der Waals surface area contributed by atoms with E-state index in [9.17, 15) is 9.90 Å². The molecule has 2 aromatic heterocycles. The molecule has 2 N–H and O–H groups in total. The summed E-state index contributed by atoms with van der Waals surface area (Å²) < 4.78 is 19.3. The third-order valence-corrected chi connectivity index (χ3v) is 8.67. The van der Waals surface area contributed by atoms with Gasteiger partial charge in [0.15, 0.2) is 5.69 Å². The molecule has 9 nitrogen and oxygen atoms in total. The van der Waals surface area contributed by atoms with Crippen LogP contribution in [0.1, 0.15) is 54.4 Å². The average molecular weight is 573 g/mol. The fourth-order valence-corrected chi connectivity index (χ4v) is 6.64. The number of carbonyl (C=O) groups is 1. The van der Waals surface area contributed by atoms with Crippen molar-refractivity contribution < 1.29 is 23.8 Å². The van der Waals surface area contributed by atoms with E-state index in [0.717, 1.165) is 59.5 Å². The van der Waals surface area contributed by atoms with Crippen molar-refractivity contribution in [3.63, 3.8) is 0 Å². The van der Waals surface area contributed by atoms with Gasteiger partial charge in [0, 0.05) is 50.2 Å². The van der Waals surface area contributed by atoms with E-state index in [1.54, 1.807) is 13.4 Å². The maximum absolute atomic E-state index is 14.3. The fourth-order valence-electron chi connectivity index (χ4n) is 6.64. The highest BCUT2D eigenvalue weighted by Gasteiger charge is 2.42. The number of carbonyl (C=O) groups excluding carboxylic acids is 1. The summed E-state index contributed by atoms with van der Waals surface area (Å²) in [6, 6.07) is 17.5. The van der Waals surface area contributed by atoms with Crippen LogP contribution in [0.5, 0.6) is 5.75 Å². The van der Waals surface area contributed by atoms with E-state index in [1.807, 2.05) is 71.0 Å². The first kappa shape index (κ1) is 28.5. The van der Waals surface area contributed by atoms with Gasteiger partial charge in [-0.2, -0.15) is 0 Å². The molecule has 1 aliphatic carbocycles. The van der Waals surface area contributed by atoms with Crippen molar-refractivity contribution >= 4 is 16.9 Å². The number of methoxy groups -OCH3 is 1. The van der Waals surface area contributed by atoms with E-state index >= 15 is 0 Å². The van der Waals surface area contributed by atoms with E-state index in [2.05, 4.69) is 5.32 Å². The summed E-state index contributed by atoms with van der Waals surface area (Å²) in [7, 11) is 1.62. The Morgan fingerprint density at radius 2 is 2.05 bits per heavy atom. The van der Waals surface area contributed by atoms with Crippen molar-refractivity contribution in [2.75, 3.05) is 40.0 Å². The maximum Gasteiger partial charge on any atom is 0.275 e. The molecule has 42 heavy (non-hydrogen) atoms. The minimum Gasteiger partial charge on any atom is -0.493 e. The van der Waals surface area contributed by atoms with Crippen LogP contribution in [-0.2, 0) is 4.74 Å². The van der Waals surface area contributed by atoms with Crippen molar-refractivity contribution in [3.8, 4) is 17.0 Å². The Balaban J connectivity index is 1.25. The molecule has 222 valence electrons. The normalized spacial score (nSPS) is 22.9. The van der Waals surface area contributed by atoms with Gasteiger partial charge < -0.3 is 33.8 Å². The van der Waals surface area contributed by atoms with Crippen LogP contribution < -0.4 is 10.1 Å². The molecule has 1 saturated carbocycles. The SMILES string of the molecule is COC[C@]1(O)CCCC[C@H]1n1cnc(C(=O)N2CCNC[C@H]2CCOc2ccc3oc(C)cc3c2)c1-c1ccccc1. The number of rotatable bonds is 9. The summed E-state index contributed by atoms with van der Waals surface area (Å²) >= 11 is 0. The Morgan fingerprint density at radius 3 is 2.88 bits per heavy atom. The minimum absolute atomic E-state index is 0.0416. The topological polar surface area (TPSA) is 102 Å². The van der Waals surface area contributed by atoms with Crippen LogP contribution in [-0.4, -0.2) is 77.1 Å². The van der Waals surface area contributed by atoms with Crippen molar-refractivity contribution in [3.05, 3.63) is 72.4 Å². The molecule has 6 rings (SSSR count). The summed E-state index contributed by atoms with van der Waals surface area (Å²) in [5, 5.41) is 16.1.